The molecule has 0 saturated carbocycles. The number of hydrogen-bond acceptors (Lipinski definition) is 5. The van der Waals surface area contributed by atoms with E-state index in [0.717, 1.165) is 11.3 Å². The van der Waals surface area contributed by atoms with Gasteiger partial charge < -0.3 is 10.6 Å². The number of fused-ring (bicyclic) bond motifs is 1. The zero-order valence-electron chi connectivity index (χ0n) is 10.4. The van der Waals surface area contributed by atoms with Gasteiger partial charge in [0.05, 0.1) is 0 Å². The third-order valence-corrected chi connectivity index (χ3v) is 3.07. The topological polar surface area (TPSA) is 67.9 Å². The summed E-state index contributed by atoms with van der Waals surface area (Å²) in [5.74, 6) is 0.855. The fourth-order valence-corrected chi connectivity index (χ4v) is 1.48. The Bertz CT molecular complexity index is 523. The predicted molar refractivity (Wildman–Crippen MR) is 68.9 cm³/mol. The summed E-state index contributed by atoms with van der Waals surface area (Å²) in [6.07, 6.45) is 3.31. The molecule has 5 nitrogen and oxygen atoms in total. The minimum absolute atomic E-state index is 0.136. The highest BCUT2D eigenvalue weighted by molar-refractivity contribution is 5.71. The van der Waals surface area contributed by atoms with Gasteiger partial charge in [-0.2, -0.15) is 0 Å². The van der Waals surface area contributed by atoms with Gasteiger partial charge in [-0.15, -0.1) is 0 Å². The summed E-state index contributed by atoms with van der Waals surface area (Å²) in [4.78, 5) is 14.9. The van der Waals surface area contributed by atoms with Gasteiger partial charge in [0.25, 0.3) is 0 Å². The molecule has 2 aromatic heterocycles. The molecule has 0 atom stereocenters. The molecule has 2 rings (SSSR count). The highest BCUT2D eigenvalue weighted by atomic mass is 15.2. The summed E-state index contributed by atoms with van der Waals surface area (Å²) in [5.41, 5.74) is 7.08. The Hall–Kier alpha value is -1.75. The second-order valence-electron chi connectivity index (χ2n) is 4.64. The van der Waals surface area contributed by atoms with Gasteiger partial charge in [-0.1, -0.05) is 0 Å². The standard InChI is InChI=1S/C12H17N5/c1-12(2,8-13)17(3)10-5-4-9-11(16-10)15-7-6-14-9/h4-7H,8,13H2,1-3H3. The van der Waals surface area contributed by atoms with Crippen molar-refractivity contribution in [3.8, 4) is 0 Å². The first kappa shape index (κ1) is 11.7. The maximum absolute atomic E-state index is 5.76. The molecule has 0 radical (unpaired) electrons. The molecule has 5 heteroatoms. The van der Waals surface area contributed by atoms with E-state index in [1.807, 2.05) is 19.2 Å². The number of aromatic nitrogens is 3. The van der Waals surface area contributed by atoms with Crippen LogP contribution in [0, 0.1) is 0 Å². The second kappa shape index (κ2) is 4.25. The van der Waals surface area contributed by atoms with Crippen LogP contribution in [-0.4, -0.2) is 34.1 Å². The molecule has 0 fully saturated rings. The molecule has 0 unspecified atom stereocenters. The molecule has 0 aliphatic heterocycles. The number of rotatable bonds is 3. The average Bonchev–Trinajstić information content (AvgIpc) is 2.37. The maximum atomic E-state index is 5.76. The van der Waals surface area contributed by atoms with Gasteiger partial charge in [-0.3, -0.25) is 4.98 Å². The average molecular weight is 231 g/mol. The van der Waals surface area contributed by atoms with Crippen molar-refractivity contribution >= 4 is 17.0 Å². The third kappa shape index (κ3) is 2.19. The van der Waals surface area contributed by atoms with E-state index in [-0.39, 0.29) is 5.54 Å². The quantitative estimate of drug-likeness (QED) is 0.859. The minimum atomic E-state index is -0.136. The van der Waals surface area contributed by atoms with E-state index in [0.29, 0.717) is 12.2 Å². The van der Waals surface area contributed by atoms with Crippen LogP contribution in [0.4, 0.5) is 5.82 Å². The molecular weight excluding hydrogens is 214 g/mol. The normalized spacial score (nSPS) is 11.8. The van der Waals surface area contributed by atoms with E-state index in [4.69, 9.17) is 5.73 Å². The molecule has 0 saturated heterocycles. The number of pyridine rings is 1. The Kier molecular flexibility index (Phi) is 2.93. The first-order valence-corrected chi connectivity index (χ1v) is 5.56. The number of hydrogen-bond donors (Lipinski definition) is 1. The first-order chi connectivity index (χ1) is 8.04. The zero-order valence-corrected chi connectivity index (χ0v) is 10.4. The number of nitrogens with zero attached hydrogens (tertiary/aromatic N) is 4. The predicted octanol–water partition coefficient (Wildman–Crippen LogP) is 1.20. The maximum Gasteiger partial charge on any atom is 0.180 e. The smallest absolute Gasteiger partial charge is 0.180 e. The van der Waals surface area contributed by atoms with Gasteiger partial charge in [-0.05, 0) is 26.0 Å². The molecule has 0 aromatic carbocycles. The largest absolute Gasteiger partial charge is 0.353 e. The summed E-state index contributed by atoms with van der Waals surface area (Å²) in [5, 5.41) is 0. The summed E-state index contributed by atoms with van der Waals surface area (Å²) in [7, 11) is 1.98. The molecule has 2 N–H and O–H groups in total. The Labute approximate surface area is 101 Å². The van der Waals surface area contributed by atoms with Gasteiger partial charge in [0, 0.05) is 31.5 Å². The molecule has 2 heterocycles. The van der Waals surface area contributed by atoms with E-state index < -0.39 is 0 Å². The summed E-state index contributed by atoms with van der Waals surface area (Å²) in [6, 6.07) is 3.86. The highest BCUT2D eigenvalue weighted by Gasteiger charge is 2.22. The Morgan fingerprint density at radius 2 is 1.94 bits per heavy atom. The van der Waals surface area contributed by atoms with E-state index in [1.165, 1.54) is 0 Å². The van der Waals surface area contributed by atoms with E-state index in [1.54, 1.807) is 12.4 Å². The monoisotopic (exact) mass is 231 g/mol. The van der Waals surface area contributed by atoms with Crippen LogP contribution in [0.15, 0.2) is 24.5 Å². The van der Waals surface area contributed by atoms with Crippen LogP contribution >= 0.6 is 0 Å². The van der Waals surface area contributed by atoms with Crippen LogP contribution in [0.1, 0.15) is 13.8 Å². The Balaban J connectivity index is 2.43. The Morgan fingerprint density at radius 3 is 2.65 bits per heavy atom. The van der Waals surface area contributed by atoms with Crippen LogP contribution in [0.25, 0.3) is 11.2 Å². The number of nitrogens with two attached hydrogens (primary N) is 1. The van der Waals surface area contributed by atoms with Crippen LogP contribution in [-0.2, 0) is 0 Å². The van der Waals surface area contributed by atoms with Gasteiger partial charge >= 0.3 is 0 Å². The Morgan fingerprint density at radius 1 is 1.24 bits per heavy atom. The summed E-state index contributed by atoms with van der Waals surface area (Å²) >= 11 is 0. The van der Waals surface area contributed by atoms with Crippen molar-refractivity contribution in [3.05, 3.63) is 24.5 Å². The number of anilines is 1. The van der Waals surface area contributed by atoms with Crippen LogP contribution in [0.2, 0.25) is 0 Å². The van der Waals surface area contributed by atoms with Crippen molar-refractivity contribution in [2.45, 2.75) is 19.4 Å². The molecule has 17 heavy (non-hydrogen) atoms. The third-order valence-electron chi connectivity index (χ3n) is 3.07. The fraction of sp³-hybridized carbons (Fsp3) is 0.417. The van der Waals surface area contributed by atoms with E-state index in [2.05, 4.69) is 33.7 Å². The highest BCUT2D eigenvalue weighted by Crippen LogP contribution is 2.20. The molecule has 0 bridgehead atoms. The van der Waals surface area contributed by atoms with Crippen molar-refractivity contribution < 1.29 is 0 Å². The molecule has 0 aliphatic carbocycles. The van der Waals surface area contributed by atoms with Crippen LogP contribution < -0.4 is 10.6 Å². The zero-order chi connectivity index (χ0) is 12.5. The van der Waals surface area contributed by atoms with E-state index in [9.17, 15) is 0 Å². The van der Waals surface area contributed by atoms with Gasteiger partial charge in [0.15, 0.2) is 5.65 Å². The van der Waals surface area contributed by atoms with E-state index >= 15 is 0 Å². The fourth-order valence-electron chi connectivity index (χ4n) is 1.48. The van der Waals surface area contributed by atoms with Crippen LogP contribution in [0.3, 0.4) is 0 Å². The van der Waals surface area contributed by atoms with Crippen molar-refractivity contribution in [3.63, 3.8) is 0 Å². The lowest BCUT2D eigenvalue weighted by atomic mass is 10.0. The first-order valence-electron chi connectivity index (χ1n) is 5.56. The lowest BCUT2D eigenvalue weighted by molar-refractivity contribution is 0.495. The van der Waals surface area contributed by atoms with Gasteiger partial charge in [0.1, 0.15) is 11.3 Å². The minimum Gasteiger partial charge on any atom is -0.353 e. The molecule has 0 spiro atoms. The molecule has 90 valence electrons. The number of likely N-dealkylation sites (N-methyl/N-ethyl adjacent to an activating group) is 1. The summed E-state index contributed by atoms with van der Waals surface area (Å²) in [6.45, 7) is 4.72. The van der Waals surface area contributed by atoms with Crippen molar-refractivity contribution in [2.75, 3.05) is 18.5 Å². The van der Waals surface area contributed by atoms with Crippen LogP contribution in [0.5, 0.6) is 0 Å². The molecule has 2 aromatic rings. The lowest BCUT2D eigenvalue weighted by Gasteiger charge is -2.35. The molecule has 0 aliphatic rings. The van der Waals surface area contributed by atoms with Crippen molar-refractivity contribution in [1.29, 1.82) is 0 Å². The van der Waals surface area contributed by atoms with Gasteiger partial charge in [0.2, 0.25) is 0 Å². The second-order valence-corrected chi connectivity index (χ2v) is 4.64. The van der Waals surface area contributed by atoms with Gasteiger partial charge in [-0.25, -0.2) is 9.97 Å². The van der Waals surface area contributed by atoms with Crippen molar-refractivity contribution in [1.82, 2.24) is 15.0 Å². The summed E-state index contributed by atoms with van der Waals surface area (Å²) < 4.78 is 0. The molecular formula is C12H17N5. The lowest BCUT2D eigenvalue weighted by Crippen LogP contribution is -2.47. The van der Waals surface area contributed by atoms with Crippen molar-refractivity contribution in [2.24, 2.45) is 5.73 Å². The molecule has 0 amide bonds. The SMILES string of the molecule is CN(c1ccc2nccnc2n1)C(C)(C)CN.